The molecule has 3 fully saturated rings. The number of anilines is 1. The van der Waals surface area contributed by atoms with E-state index in [1.54, 1.807) is 6.07 Å². The number of hydrogen-bond acceptors (Lipinski definition) is 8. The van der Waals surface area contributed by atoms with Crippen molar-refractivity contribution in [3.8, 4) is 17.1 Å². The maximum atomic E-state index is 15.2. The van der Waals surface area contributed by atoms with Crippen LogP contribution in [0.5, 0.6) is 5.88 Å². The van der Waals surface area contributed by atoms with Crippen molar-refractivity contribution in [2.45, 2.75) is 31.3 Å². The highest BCUT2D eigenvalue weighted by molar-refractivity contribution is 6.08. The number of ketones is 1. The van der Waals surface area contributed by atoms with E-state index in [4.69, 9.17) is 18.9 Å². The van der Waals surface area contributed by atoms with Crippen LogP contribution in [0.15, 0.2) is 24.3 Å². The van der Waals surface area contributed by atoms with Gasteiger partial charge in [0.15, 0.2) is 11.9 Å². The molecule has 0 aliphatic carbocycles. The van der Waals surface area contributed by atoms with Crippen LogP contribution in [-0.2, 0) is 14.2 Å². The summed E-state index contributed by atoms with van der Waals surface area (Å²) in [6.07, 6.45) is -2.23. The molecular weight excluding hydrogens is 476 g/mol. The molecule has 0 bridgehead atoms. The zero-order valence-corrected chi connectivity index (χ0v) is 19.5. The number of ether oxygens (including phenoxy) is 4. The van der Waals surface area contributed by atoms with Gasteiger partial charge in [0, 0.05) is 18.8 Å². The monoisotopic (exact) mass is 501 g/mol. The first-order valence-corrected chi connectivity index (χ1v) is 11.8. The van der Waals surface area contributed by atoms with E-state index in [0.29, 0.717) is 37.5 Å². The SMILES string of the molecule is CC(=O)c1c(O[C@@H]2CO[C@H]3[C@@H]2OC[C@H]3O)[nH]c2ccc(-c3c(F)cc(N4CCOCC4)cc3F)nc12. The molecule has 5 heterocycles. The molecule has 0 amide bonds. The highest BCUT2D eigenvalue weighted by Crippen LogP contribution is 2.36. The van der Waals surface area contributed by atoms with Crippen LogP contribution >= 0.6 is 0 Å². The van der Waals surface area contributed by atoms with Gasteiger partial charge in [-0.2, -0.15) is 0 Å². The number of morpholine rings is 1. The Balaban J connectivity index is 1.35. The van der Waals surface area contributed by atoms with Crippen LogP contribution in [0.3, 0.4) is 0 Å². The van der Waals surface area contributed by atoms with Crippen LogP contribution in [-0.4, -0.2) is 84.8 Å². The van der Waals surface area contributed by atoms with Gasteiger partial charge in [-0.05, 0) is 31.2 Å². The maximum Gasteiger partial charge on any atom is 0.205 e. The number of Topliss-reactive ketones (excluding diaryl/α,β-unsaturated/α-hetero) is 1. The fourth-order valence-corrected chi connectivity index (χ4v) is 5.10. The number of pyridine rings is 1. The van der Waals surface area contributed by atoms with Gasteiger partial charge in [-0.1, -0.05) is 0 Å². The summed E-state index contributed by atoms with van der Waals surface area (Å²) in [7, 11) is 0. The molecule has 190 valence electrons. The van der Waals surface area contributed by atoms with Crippen LogP contribution in [0.25, 0.3) is 22.3 Å². The Hall–Kier alpha value is -3.12. The molecule has 4 atom stereocenters. The third kappa shape index (κ3) is 3.92. The minimum absolute atomic E-state index is 0.0607. The standard InChI is InChI=1S/C25H25F2N3O6/c1-12(31)20-22-17(29-25(20)36-19-11-35-23-18(32)10-34-24(19)23)3-2-16(28-22)21-14(26)8-13(9-15(21)27)30-4-6-33-7-5-30/h2-3,8-9,18-19,23-24,29,32H,4-7,10-11H2,1H3/t18-,19-,23-,24-/m1/s1. The molecule has 36 heavy (non-hydrogen) atoms. The van der Waals surface area contributed by atoms with Crippen molar-refractivity contribution in [2.75, 3.05) is 44.4 Å². The van der Waals surface area contributed by atoms with Crippen LogP contribution in [0.2, 0.25) is 0 Å². The number of rotatable bonds is 5. The number of carbonyl (C=O) groups is 1. The first kappa shape index (κ1) is 23.3. The van der Waals surface area contributed by atoms with E-state index in [0.717, 1.165) is 0 Å². The Bertz CT molecular complexity index is 1300. The number of fused-ring (bicyclic) bond motifs is 2. The number of benzene rings is 1. The summed E-state index contributed by atoms with van der Waals surface area (Å²) in [4.78, 5) is 21.9. The predicted octanol–water partition coefficient (Wildman–Crippen LogP) is 2.45. The number of hydrogen-bond donors (Lipinski definition) is 2. The number of nitrogens with zero attached hydrogens (tertiary/aromatic N) is 2. The van der Waals surface area contributed by atoms with Gasteiger partial charge in [0.1, 0.15) is 41.0 Å². The van der Waals surface area contributed by atoms with Crippen LogP contribution in [0.1, 0.15) is 17.3 Å². The van der Waals surface area contributed by atoms with E-state index in [-0.39, 0.29) is 47.2 Å². The molecule has 1 aromatic carbocycles. The topological polar surface area (TPSA) is 106 Å². The second-order valence-electron chi connectivity index (χ2n) is 9.18. The minimum atomic E-state index is -0.745. The molecule has 11 heteroatoms. The first-order valence-electron chi connectivity index (χ1n) is 11.8. The Labute approximate surface area is 204 Å². The normalized spacial score (nSPS) is 25.9. The molecule has 0 unspecified atom stereocenters. The largest absolute Gasteiger partial charge is 0.470 e. The lowest BCUT2D eigenvalue weighted by Gasteiger charge is -2.29. The summed E-state index contributed by atoms with van der Waals surface area (Å²) in [5.41, 5.74) is 1.12. The fourth-order valence-electron chi connectivity index (χ4n) is 5.10. The van der Waals surface area contributed by atoms with E-state index < -0.39 is 36.1 Å². The van der Waals surface area contributed by atoms with Gasteiger partial charge in [-0.3, -0.25) is 4.79 Å². The molecule has 0 spiro atoms. The Morgan fingerprint density at radius 2 is 1.86 bits per heavy atom. The predicted molar refractivity (Wildman–Crippen MR) is 124 cm³/mol. The molecule has 3 aromatic rings. The molecule has 9 nitrogen and oxygen atoms in total. The zero-order valence-electron chi connectivity index (χ0n) is 19.5. The average Bonchev–Trinajstić information content (AvgIpc) is 3.54. The third-order valence-corrected chi connectivity index (χ3v) is 6.87. The van der Waals surface area contributed by atoms with E-state index in [9.17, 15) is 9.90 Å². The number of aliphatic hydroxyl groups is 1. The van der Waals surface area contributed by atoms with Gasteiger partial charge in [0.2, 0.25) is 5.88 Å². The van der Waals surface area contributed by atoms with Gasteiger partial charge in [-0.15, -0.1) is 0 Å². The highest BCUT2D eigenvalue weighted by Gasteiger charge is 2.48. The van der Waals surface area contributed by atoms with Crippen molar-refractivity contribution in [3.63, 3.8) is 0 Å². The smallest absolute Gasteiger partial charge is 0.205 e. The highest BCUT2D eigenvalue weighted by atomic mass is 19.1. The van der Waals surface area contributed by atoms with E-state index in [1.165, 1.54) is 25.1 Å². The summed E-state index contributed by atoms with van der Waals surface area (Å²) in [5, 5.41) is 9.97. The van der Waals surface area contributed by atoms with Crippen molar-refractivity contribution in [3.05, 3.63) is 41.5 Å². The quantitative estimate of drug-likeness (QED) is 0.514. The lowest BCUT2D eigenvalue weighted by atomic mass is 10.1. The zero-order chi connectivity index (χ0) is 25.0. The molecule has 2 N–H and O–H groups in total. The van der Waals surface area contributed by atoms with Crippen molar-refractivity contribution < 1.29 is 37.6 Å². The lowest BCUT2D eigenvalue weighted by Crippen LogP contribution is -2.36. The number of carbonyl (C=O) groups excluding carboxylic acids is 1. The molecule has 0 saturated carbocycles. The number of aromatic amines is 1. The molecule has 2 aromatic heterocycles. The molecule has 3 aliphatic rings. The molecule has 3 saturated heterocycles. The summed E-state index contributed by atoms with van der Waals surface area (Å²) < 4.78 is 52.9. The van der Waals surface area contributed by atoms with E-state index in [1.807, 2.05) is 4.90 Å². The van der Waals surface area contributed by atoms with Crippen molar-refractivity contribution in [1.82, 2.24) is 9.97 Å². The van der Waals surface area contributed by atoms with Gasteiger partial charge in [0.05, 0.1) is 43.2 Å². The summed E-state index contributed by atoms with van der Waals surface area (Å²) >= 11 is 0. The maximum absolute atomic E-state index is 15.2. The van der Waals surface area contributed by atoms with Crippen molar-refractivity contribution >= 4 is 22.5 Å². The van der Waals surface area contributed by atoms with Crippen molar-refractivity contribution in [1.29, 1.82) is 0 Å². The van der Waals surface area contributed by atoms with Gasteiger partial charge >= 0.3 is 0 Å². The summed E-state index contributed by atoms with van der Waals surface area (Å²) in [6, 6.07) is 5.68. The Morgan fingerprint density at radius 1 is 1.14 bits per heavy atom. The number of aromatic nitrogens is 2. The van der Waals surface area contributed by atoms with Gasteiger partial charge < -0.3 is 33.9 Å². The minimum Gasteiger partial charge on any atom is -0.470 e. The van der Waals surface area contributed by atoms with Crippen LogP contribution < -0.4 is 9.64 Å². The Kier molecular flexibility index (Phi) is 5.87. The first-order chi connectivity index (χ1) is 17.4. The fraction of sp³-hybridized carbons (Fsp3) is 0.440. The van der Waals surface area contributed by atoms with E-state index >= 15 is 8.78 Å². The summed E-state index contributed by atoms with van der Waals surface area (Å²) in [5.74, 6) is -1.64. The van der Waals surface area contributed by atoms with Crippen molar-refractivity contribution in [2.24, 2.45) is 0 Å². The van der Waals surface area contributed by atoms with Crippen LogP contribution in [0.4, 0.5) is 14.5 Å². The number of nitrogens with one attached hydrogen (secondary N) is 1. The molecule has 6 rings (SSSR count). The summed E-state index contributed by atoms with van der Waals surface area (Å²) in [6.45, 7) is 3.79. The third-order valence-electron chi connectivity index (χ3n) is 6.87. The Morgan fingerprint density at radius 3 is 2.58 bits per heavy atom. The second kappa shape index (κ2) is 9.07. The van der Waals surface area contributed by atoms with Gasteiger partial charge in [-0.25, -0.2) is 13.8 Å². The number of aliphatic hydroxyl groups excluding tert-OH is 1. The van der Waals surface area contributed by atoms with Gasteiger partial charge in [0.25, 0.3) is 0 Å². The second-order valence-corrected chi connectivity index (χ2v) is 9.18. The lowest BCUT2D eigenvalue weighted by molar-refractivity contribution is 0.00781. The van der Waals surface area contributed by atoms with Crippen LogP contribution in [0, 0.1) is 11.6 Å². The number of H-pyrrole nitrogens is 1. The van der Waals surface area contributed by atoms with E-state index in [2.05, 4.69) is 9.97 Å². The molecule has 0 radical (unpaired) electrons. The molecular formula is C25H25F2N3O6. The average molecular weight is 501 g/mol. The number of halogens is 2. The molecule has 3 aliphatic heterocycles.